The predicted molar refractivity (Wildman–Crippen MR) is 2.06 cm³/mol. The van der Waals surface area contributed by atoms with Gasteiger partial charge in [0.15, 0.2) is 0 Å². The largest absolute Gasteiger partial charge is 3.00 e. The van der Waals surface area contributed by atoms with Crippen molar-refractivity contribution in [2.45, 2.75) is 0 Å². The van der Waals surface area contributed by atoms with Crippen molar-refractivity contribution in [1.82, 2.24) is 0 Å². The fraction of sp³-hybridized carbons (Fsp3) is 0. The van der Waals surface area contributed by atoms with Crippen LogP contribution in [0, 0.1) is 166 Å². The first-order valence-corrected chi connectivity index (χ1v) is 0. The van der Waals surface area contributed by atoms with Crippen molar-refractivity contribution in [3.63, 3.8) is 0 Å². The molecule has 0 aliphatic rings. The summed E-state index contributed by atoms with van der Waals surface area (Å²) in [6.07, 6.45) is 0. The van der Waals surface area contributed by atoms with Crippen LogP contribution in [0.1, 0.15) is 0 Å². The second kappa shape index (κ2) is 59.4. The quantitative estimate of drug-likeness (QED) is 0.322. The van der Waals surface area contributed by atoms with Crippen molar-refractivity contribution < 1.29 is 235 Å². The Morgan fingerprint density at radius 3 is 0.444 bits per heavy atom. The van der Waals surface area contributed by atoms with Crippen LogP contribution in [0.25, 0.3) is 0 Å². The molecule has 0 saturated carbocycles. The Hall–Kier alpha value is 7.13. The molecule has 0 spiro atoms. The van der Waals surface area contributed by atoms with E-state index in [-0.39, 0.29) is 235 Å². The molecule has 0 aromatic rings. The molecule has 0 bridgehead atoms. The minimum Gasteiger partial charge on any atom is -2.00 e. The fourth-order valence-electron chi connectivity index (χ4n) is 0. The van der Waals surface area contributed by atoms with Gasteiger partial charge in [0.1, 0.15) is 0 Å². The summed E-state index contributed by atoms with van der Waals surface area (Å²) in [7, 11) is 0. The van der Waals surface area contributed by atoms with Gasteiger partial charge in [0.2, 0.25) is 0 Å². The van der Waals surface area contributed by atoms with E-state index in [1.54, 1.807) is 0 Å². The van der Waals surface area contributed by atoms with E-state index >= 15 is 0 Å². The summed E-state index contributed by atoms with van der Waals surface area (Å²) in [6, 6.07) is 0. The molecule has 3 nitrogen and oxygen atoms in total. The predicted octanol–water partition coefficient (Wildman–Crippen LogP) is -0.361. The van der Waals surface area contributed by atoms with Gasteiger partial charge in [0, 0.05) is 136 Å². The summed E-state index contributed by atoms with van der Waals surface area (Å²) < 4.78 is 0. The van der Waals surface area contributed by atoms with E-state index in [1.165, 1.54) is 0 Å². The van der Waals surface area contributed by atoms with Gasteiger partial charge in [-0.3, -0.25) is 0 Å². The SMILES string of the molecule is [Ce].[Ce].[O-2].[O-2].[O-2].[Pr+3].[Pr+3].[Zr].[Zr]. The van der Waals surface area contributed by atoms with Crippen molar-refractivity contribution in [1.29, 1.82) is 0 Å². The molecular formula is Ce2O3Pr2Zr2. The van der Waals surface area contributed by atoms with Crippen LogP contribution in [0.2, 0.25) is 0 Å². The normalized spacial score (nSPS) is 0. The van der Waals surface area contributed by atoms with Crippen LogP contribution in [-0.2, 0) is 68.8 Å². The number of rotatable bonds is 0. The van der Waals surface area contributed by atoms with Gasteiger partial charge in [0.05, 0.1) is 0 Å². The molecule has 0 amide bonds. The van der Waals surface area contributed by atoms with Gasteiger partial charge < -0.3 is 16.4 Å². The second-order valence-electron chi connectivity index (χ2n) is 0. The van der Waals surface area contributed by atoms with Gasteiger partial charge in [-0.1, -0.05) is 0 Å². The Balaban J connectivity index is 0. The van der Waals surface area contributed by atoms with Gasteiger partial charge >= 0.3 is 82.6 Å². The van der Waals surface area contributed by atoms with Crippen molar-refractivity contribution in [2.75, 3.05) is 0 Å². The molecule has 0 aromatic carbocycles. The van der Waals surface area contributed by atoms with E-state index < -0.39 is 0 Å². The van der Waals surface area contributed by atoms with Gasteiger partial charge in [-0.05, 0) is 0 Å². The topological polar surface area (TPSA) is 85.5 Å². The Morgan fingerprint density at radius 1 is 0.444 bits per heavy atom. The molecule has 0 atom stereocenters. The zero-order chi connectivity index (χ0) is 0. The number of hydrogen-bond donors (Lipinski definition) is 0. The fourth-order valence-corrected chi connectivity index (χ4v) is 0. The van der Waals surface area contributed by atoms with Gasteiger partial charge in [0.25, 0.3) is 0 Å². The first-order valence-electron chi connectivity index (χ1n) is 0. The molecule has 0 N–H and O–H groups in total. The molecule has 0 fully saturated rings. The average Bonchev–Trinajstić information content (AvgIpc) is 0. The maximum Gasteiger partial charge on any atom is 3.00 e. The summed E-state index contributed by atoms with van der Waals surface area (Å²) in [5, 5.41) is 0. The molecule has 0 radical (unpaired) electrons. The van der Waals surface area contributed by atoms with Crippen LogP contribution in [0.4, 0.5) is 0 Å². The Morgan fingerprint density at radius 2 is 0.444 bits per heavy atom. The summed E-state index contributed by atoms with van der Waals surface area (Å²) in [5.74, 6) is 0. The van der Waals surface area contributed by atoms with E-state index in [2.05, 4.69) is 0 Å². The third-order valence-corrected chi connectivity index (χ3v) is 0. The third-order valence-electron chi connectivity index (χ3n) is 0. The second-order valence-corrected chi connectivity index (χ2v) is 0. The van der Waals surface area contributed by atoms with E-state index in [0.29, 0.717) is 0 Å². The molecule has 0 unspecified atom stereocenters. The molecule has 9 heteroatoms. The molecule has 40 valence electrons. The summed E-state index contributed by atoms with van der Waals surface area (Å²) in [5.41, 5.74) is 0. The van der Waals surface area contributed by atoms with Crippen LogP contribution in [0.5, 0.6) is 0 Å². The molecular weight excluding hydrogens is 792 g/mol. The van der Waals surface area contributed by atoms with Gasteiger partial charge in [-0.25, -0.2) is 0 Å². The van der Waals surface area contributed by atoms with E-state index in [0.717, 1.165) is 0 Å². The maximum atomic E-state index is 0. The Bertz CT molecular complexity index is 17.8. The van der Waals surface area contributed by atoms with Crippen molar-refractivity contribution in [3.05, 3.63) is 0 Å². The monoisotopic (exact) mass is 789 g/mol. The minimum absolute atomic E-state index is 0. The number of hydrogen-bond acceptors (Lipinski definition) is 0. The summed E-state index contributed by atoms with van der Waals surface area (Å²) in [6.45, 7) is 0. The van der Waals surface area contributed by atoms with Crippen LogP contribution in [0.15, 0.2) is 0 Å². The molecule has 0 saturated heterocycles. The molecule has 0 aliphatic carbocycles. The van der Waals surface area contributed by atoms with E-state index in [1.807, 2.05) is 0 Å². The summed E-state index contributed by atoms with van der Waals surface area (Å²) >= 11 is 0. The average molecular weight is 792 g/mol. The molecule has 0 aliphatic heterocycles. The maximum absolute atomic E-state index is 0. The minimum atomic E-state index is 0. The smallest absolute Gasteiger partial charge is 2.00 e. The van der Waals surface area contributed by atoms with Crippen molar-refractivity contribution in [2.24, 2.45) is 0 Å². The summed E-state index contributed by atoms with van der Waals surface area (Å²) in [4.78, 5) is 0. The van der Waals surface area contributed by atoms with Gasteiger partial charge in [-0.15, -0.1) is 0 Å². The standard InChI is InChI=1S/2Ce.3O.2Pr.2Zr/q;;3*-2;2*+3;;. The Labute approximate surface area is 227 Å². The molecule has 0 aromatic heterocycles. The molecule has 0 heterocycles. The first-order chi connectivity index (χ1) is 0. The zero-order valence-corrected chi connectivity index (χ0v) is 23.0. The van der Waals surface area contributed by atoms with Crippen molar-refractivity contribution >= 4 is 0 Å². The van der Waals surface area contributed by atoms with Crippen molar-refractivity contribution in [3.8, 4) is 0 Å². The molecule has 9 heavy (non-hydrogen) atoms. The zero-order valence-electron chi connectivity index (χ0n) is 4.38. The first kappa shape index (κ1) is 72.7. The molecule has 0 rings (SSSR count). The van der Waals surface area contributed by atoms with Crippen LogP contribution in [0.3, 0.4) is 0 Å². The Kier molecular flexibility index (Phi) is 480. The van der Waals surface area contributed by atoms with E-state index in [9.17, 15) is 0 Å². The third kappa shape index (κ3) is 51.3. The van der Waals surface area contributed by atoms with Crippen LogP contribution < -0.4 is 0 Å². The van der Waals surface area contributed by atoms with Crippen LogP contribution in [-0.4, -0.2) is 0 Å². The van der Waals surface area contributed by atoms with E-state index in [4.69, 9.17) is 0 Å². The van der Waals surface area contributed by atoms with Crippen LogP contribution >= 0.6 is 0 Å². The van der Waals surface area contributed by atoms with Gasteiger partial charge in [-0.2, -0.15) is 0 Å².